The molecule has 0 fully saturated rings. The van der Waals surface area contributed by atoms with Gasteiger partial charge in [-0.15, -0.1) is 0 Å². The number of aryl methyl sites for hydroxylation is 1. The zero-order valence-corrected chi connectivity index (χ0v) is 17.3. The van der Waals surface area contributed by atoms with Gasteiger partial charge in [0.1, 0.15) is 18.1 Å². The Balaban J connectivity index is 2.08. The van der Waals surface area contributed by atoms with Crippen molar-refractivity contribution < 1.29 is 22.7 Å². The maximum Gasteiger partial charge on any atom is 0.255 e. The number of nitrogens with one attached hydrogen (secondary N) is 2. The van der Waals surface area contributed by atoms with Crippen LogP contribution in [0.3, 0.4) is 0 Å². The Morgan fingerprint density at radius 1 is 1.11 bits per heavy atom. The molecule has 0 spiro atoms. The van der Waals surface area contributed by atoms with Crippen molar-refractivity contribution in [3.63, 3.8) is 0 Å². The highest BCUT2D eigenvalue weighted by atomic mass is 32.2. The molecule has 2 aromatic carbocycles. The van der Waals surface area contributed by atoms with Crippen molar-refractivity contribution in [2.24, 2.45) is 0 Å². The summed E-state index contributed by atoms with van der Waals surface area (Å²) < 4.78 is 38.4. The Morgan fingerprint density at radius 3 is 2.46 bits per heavy atom. The van der Waals surface area contributed by atoms with E-state index in [1.807, 2.05) is 45.0 Å². The summed E-state index contributed by atoms with van der Waals surface area (Å²) in [5.41, 5.74) is 1.14. The number of carbonyl (C=O) groups excluding carboxylic acids is 1. The van der Waals surface area contributed by atoms with Crippen LogP contribution in [0.1, 0.15) is 29.8 Å². The number of rotatable bonds is 9. The molecule has 1 amide bonds. The van der Waals surface area contributed by atoms with E-state index in [4.69, 9.17) is 9.47 Å². The van der Waals surface area contributed by atoms with E-state index in [0.29, 0.717) is 11.5 Å². The van der Waals surface area contributed by atoms with E-state index >= 15 is 0 Å². The van der Waals surface area contributed by atoms with Crippen molar-refractivity contribution >= 4 is 15.9 Å². The molecule has 0 radical (unpaired) electrons. The van der Waals surface area contributed by atoms with Crippen LogP contribution in [-0.4, -0.2) is 40.6 Å². The summed E-state index contributed by atoms with van der Waals surface area (Å²) in [7, 11) is -2.37. The van der Waals surface area contributed by atoms with E-state index < -0.39 is 15.9 Å². The number of sulfonamides is 1. The monoisotopic (exact) mass is 406 g/mol. The molecule has 28 heavy (non-hydrogen) atoms. The maximum absolute atomic E-state index is 12.6. The molecule has 2 rings (SSSR count). The Hall–Kier alpha value is -2.58. The minimum absolute atomic E-state index is 0.0157. The Kier molecular flexibility index (Phi) is 7.42. The molecule has 0 bridgehead atoms. The fourth-order valence-corrected chi connectivity index (χ4v) is 3.55. The average molecular weight is 407 g/mol. The van der Waals surface area contributed by atoms with Gasteiger partial charge in [-0.3, -0.25) is 4.79 Å². The molecule has 8 heteroatoms. The molecule has 0 aromatic heterocycles. The number of methoxy groups -OCH3 is 1. The number of amides is 1. The molecule has 2 aromatic rings. The molecule has 2 N–H and O–H groups in total. The third-order valence-electron chi connectivity index (χ3n) is 3.89. The lowest BCUT2D eigenvalue weighted by atomic mass is 10.2. The fraction of sp³-hybridized carbons (Fsp3) is 0.350. The number of para-hydroxylation sites is 1. The molecule has 0 aliphatic rings. The lowest BCUT2D eigenvalue weighted by molar-refractivity contribution is 0.0940. The average Bonchev–Trinajstić information content (AvgIpc) is 2.65. The molecule has 152 valence electrons. The Morgan fingerprint density at radius 2 is 1.82 bits per heavy atom. The van der Waals surface area contributed by atoms with E-state index in [9.17, 15) is 13.2 Å². The van der Waals surface area contributed by atoms with Gasteiger partial charge in [-0.05, 0) is 50.6 Å². The van der Waals surface area contributed by atoms with Gasteiger partial charge in [0.25, 0.3) is 5.91 Å². The van der Waals surface area contributed by atoms with Gasteiger partial charge in [0.2, 0.25) is 10.0 Å². The van der Waals surface area contributed by atoms with Gasteiger partial charge in [0.15, 0.2) is 0 Å². The van der Waals surface area contributed by atoms with Crippen LogP contribution in [0.25, 0.3) is 0 Å². The van der Waals surface area contributed by atoms with Crippen molar-refractivity contribution in [2.75, 3.05) is 20.3 Å². The second-order valence-electron chi connectivity index (χ2n) is 6.50. The second-order valence-corrected chi connectivity index (χ2v) is 8.27. The van der Waals surface area contributed by atoms with Crippen molar-refractivity contribution in [1.29, 1.82) is 0 Å². The molecule has 0 heterocycles. The minimum Gasteiger partial charge on any atom is -0.496 e. The Bertz CT molecular complexity index is 926. The smallest absolute Gasteiger partial charge is 0.255 e. The first kappa shape index (κ1) is 21.7. The lowest BCUT2D eigenvalue weighted by Crippen LogP contribution is -2.31. The van der Waals surface area contributed by atoms with Gasteiger partial charge in [0, 0.05) is 12.6 Å². The molecule has 0 saturated heterocycles. The minimum atomic E-state index is -3.80. The first-order chi connectivity index (χ1) is 13.2. The predicted octanol–water partition coefficient (Wildman–Crippen LogP) is 2.50. The third kappa shape index (κ3) is 5.71. The molecular formula is C20H26N2O5S. The van der Waals surface area contributed by atoms with E-state index in [1.54, 1.807) is 0 Å². The maximum atomic E-state index is 12.6. The zero-order chi connectivity index (χ0) is 20.7. The normalized spacial score (nSPS) is 11.3. The molecule has 0 atom stereocenters. The number of hydrogen-bond donors (Lipinski definition) is 2. The predicted molar refractivity (Wildman–Crippen MR) is 107 cm³/mol. The topological polar surface area (TPSA) is 93.7 Å². The number of benzene rings is 2. The number of ether oxygens (including phenoxy) is 2. The van der Waals surface area contributed by atoms with Crippen LogP contribution in [0.4, 0.5) is 0 Å². The van der Waals surface area contributed by atoms with Crippen LogP contribution in [-0.2, 0) is 10.0 Å². The van der Waals surface area contributed by atoms with E-state index in [0.717, 1.165) is 5.56 Å². The summed E-state index contributed by atoms with van der Waals surface area (Å²) in [4.78, 5) is 12.3. The van der Waals surface area contributed by atoms with Crippen LogP contribution in [0.5, 0.6) is 11.5 Å². The summed E-state index contributed by atoms with van der Waals surface area (Å²) >= 11 is 0. The van der Waals surface area contributed by atoms with Crippen molar-refractivity contribution in [3.05, 3.63) is 53.6 Å². The standard InChI is InChI=1S/C20H26N2O5S/c1-14(2)22-20(23)17-13-16(9-10-19(17)26-4)28(24,25)21-11-12-27-18-8-6-5-7-15(18)3/h5-10,13-14,21H,11-12H2,1-4H3,(H,22,23). The molecule has 0 unspecified atom stereocenters. The van der Waals surface area contributed by atoms with Gasteiger partial charge in [-0.2, -0.15) is 0 Å². The van der Waals surface area contributed by atoms with E-state index in [-0.39, 0.29) is 29.7 Å². The largest absolute Gasteiger partial charge is 0.496 e. The third-order valence-corrected chi connectivity index (χ3v) is 5.35. The van der Waals surface area contributed by atoms with Crippen LogP contribution >= 0.6 is 0 Å². The van der Waals surface area contributed by atoms with Crippen LogP contribution in [0.15, 0.2) is 47.4 Å². The number of carbonyl (C=O) groups is 1. The van der Waals surface area contributed by atoms with Gasteiger partial charge < -0.3 is 14.8 Å². The molecule has 0 saturated carbocycles. The summed E-state index contributed by atoms with van der Waals surface area (Å²) in [6, 6.07) is 11.6. The van der Waals surface area contributed by atoms with E-state index in [2.05, 4.69) is 10.0 Å². The first-order valence-electron chi connectivity index (χ1n) is 8.91. The van der Waals surface area contributed by atoms with Gasteiger partial charge >= 0.3 is 0 Å². The van der Waals surface area contributed by atoms with Gasteiger partial charge in [-0.1, -0.05) is 18.2 Å². The quantitative estimate of drug-likeness (QED) is 0.624. The molecule has 0 aliphatic carbocycles. The van der Waals surface area contributed by atoms with E-state index in [1.165, 1.54) is 25.3 Å². The SMILES string of the molecule is COc1ccc(S(=O)(=O)NCCOc2ccccc2C)cc1C(=O)NC(C)C. The highest BCUT2D eigenvalue weighted by Gasteiger charge is 2.20. The summed E-state index contributed by atoms with van der Waals surface area (Å²) in [6.45, 7) is 5.83. The fourth-order valence-electron chi connectivity index (χ4n) is 2.51. The highest BCUT2D eigenvalue weighted by molar-refractivity contribution is 7.89. The van der Waals surface area contributed by atoms with Gasteiger partial charge in [-0.25, -0.2) is 13.1 Å². The first-order valence-corrected chi connectivity index (χ1v) is 10.4. The Labute approximate surface area is 166 Å². The van der Waals surface area contributed by atoms with Gasteiger partial charge in [0.05, 0.1) is 17.6 Å². The second kappa shape index (κ2) is 9.57. The molecular weight excluding hydrogens is 380 g/mol. The molecule has 7 nitrogen and oxygen atoms in total. The summed E-state index contributed by atoms with van der Waals surface area (Å²) in [5, 5.41) is 2.73. The van der Waals surface area contributed by atoms with Crippen LogP contribution in [0, 0.1) is 6.92 Å². The summed E-state index contributed by atoms with van der Waals surface area (Å²) in [5.74, 6) is 0.616. The van der Waals surface area contributed by atoms with Crippen molar-refractivity contribution in [3.8, 4) is 11.5 Å². The highest BCUT2D eigenvalue weighted by Crippen LogP contribution is 2.22. The summed E-state index contributed by atoms with van der Waals surface area (Å²) in [6.07, 6.45) is 0. The van der Waals surface area contributed by atoms with Crippen LogP contribution in [0.2, 0.25) is 0 Å². The van der Waals surface area contributed by atoms with Crippen molar-refractivity contribution in [1.82, 2.24) is 10.0 Å². The molecule has 0 aliphatic heterocycles. The zero-order valence-electron chi connectivity index (χ0n) is 16.5. The van der Waals surface area contributed by atoms with Crippen LogP contribution < -0.4 is 19.5 Å². The lowest BCUT2D eigenvalue weighted by Gasteiger charge is -2.14. The number of hydrogen-bond acceptors (Lipinski definition) is 5. The van der Waals surface area contributed by atoms with Crippen molar-refractivity contribution in [2.45, 2.75) is 31.7 Å².